The number of amides is 2. The quantitative estimate of drug-likeness (QED) is 0.842. The lowest BCUT2D eigenvalue weighted by Gasteiger charge is -2.08. The van der Waals surface area contributed by atoms with Crippen LogP contribution in [0.15, 0.2) is 36.5 Å². The van der Waals surface area contributed by atoms with Gasteiger partial charge in [0.05, 0.1) is 6.42 Å². The van der Waals surface area contributed by atoms with Crippen LogP contribution in [0.2, 0.25) is 5.02 Å². The van der Waals surface area contributed by atoms with E-state index in [2.05, 4.69) is 15.6 Å². The zero-order chi connectivity index (χ0) is 17.5. The first-order chi connectivity index (χ1) is 11.5. The summed E-state index contributed by atoms with van der Waals surface area (Å²) in [6.07, 6.45) is 1.56. The Hall–Kier alpha value is -2.47. The second-order valence-electron chi connectivity index (χ2n) is 5.25. The Kier molecular flexibility index (Phi) is 6.26. The molecular weight excluding hydrogens is 333 g/mol. The van der Waals surface area contributed by atoms with E-state index >= 15 is 0 Å². The Balaban J connectivity index is 1.76. The Bertz CT molecular complexity index is 715. The van der Waals surface area contributed by atoms with Crippen LogP contribution >= 0.6 is 11.6 Å². The molecule has 0 radical (unpaired) electrons. The van der Waals surface area contributed by atoms with Gasteiger partial charge in [0.1, 0.15) is 11.6 Å². The van der Waals surface area contributed by atoms with Crippen LogP contribution in [0.3, 0.4) is 0 Å². The van der Waals surface area contributed by atoms with Crippen molar-refractivity contribution >= 4 is 29.2 Å². The highest BCUT2D eigenvalue weighted by molar-refractivity contribution is 6.31. The van der Waals surface area contributed by atoms with E-state index in [1.165, 1.54) is 18.2 Å². The molecule has 0 atom stereocenters. The minimum Gasteiger partial charge on any atom is -0.355 e. The SMILES string of the molecule is Cc1ccc(NC(=O)CCNC(=O)Cc2c(F)cccc2Cl)nc1. The van der Waals surface area contributed by atoms with Gasteiger partial charge in [0.2, 0.25) is 11.8 Å². The predicted octanol–water partition coefficient (Wildman–Crippen LogP) is 2.87. The average molecular weight is 350 g/mol. The average Bonchev–Trinajstić information content (AvgIpc) is 2.53. The minimum absolute atomic E-state index is 0.0896. The predicted molar refractivity (Wildman–Crippen MR) is 90.3 cm³/mol. The molecule has 24 heavy (non-hydrogen) atoms. The van der Waals surface area contributed by atoms with Crippen molar-refractivity contribution in [3.8, 4) is 0 Å². The third-order valence-electron chi connectivity index (χ3n) is 3.25. The highest BCUT2D eigenvalue weighted by Gasteiger charge is 2.12. The summed E-state index contributed by atoms with van der Waals surface area (Å²) < 4.78 is 13.6. The van der Waals surface area contributed by atoms with Crippen molar-refractivity contribution < 1.29 is 14.0 Å². The summed E-state index contributed by atoms with van der Waals surface area (Å²) in [5.41, 5.74) is 1.14. The fourth-order valence-electron chi connectivity index (χ4n) is 1.99. The van der Waals surface area contributed by atoms with E-state index in [1.54, 1.807) is 12.3 Å². The fourth-order valence-corrected chi connectivity index (χ4v) is 2.22. The molecule has 0 fully saturated rings. The molecule has 0 bridgehead atoms. The van der Waals surface area contributed by atoms with E-state index in [9.17, 15) is 14.0 Å². The minimum atomic E-state index is -0.527. The van der Waals surface area contributed by atoms with Gasteiger partial charge in [0.15, 0.2) is 0 Å². The van der Waals surface area contributed by atoms with Crippen LogP contribution in [0, 0.1) is 12.7 Å². The van der Waals surface area contributed by atoms with Gasteiger partial charge in [0, 0.05) is 29.7 Å². The van der Waals surface area contributed by atoms with E-state index in [0.717, 1.165) is 5.56 Å². The van der Waals surface area contributed by atoms with Crippen LogP contribution in [-0.4, -0.2) is 23.3 Å². The number of nitrogens with one attached hydrogen (secondary N) is 2. The Morgan fingerprint density at radius 2 is 2.00 bits per heavy atom. The highest BCUT2D eigenvalue weighted by atomic mass is 35.5. The van der Waals surface area contributed by atoms with Gasteiger partial charge in [-0.1, -0.05) is 23.7 Å². The van der Waals surface area contributed by atoms with Crippen LogP contribution in [0.5, 0.6) is 0 Å². The molecule has 0 saturated carbocycles. The summed E-state index contributed by atoms with van der Waals surface area (Å²) in [6.45, 7) is 2.04. The summed E-state index contributed by atoms with van der Waals surface area (Å²) in [7, 11) is 0. The van der Waals surface area contributed by atoms with Crippen molar-refractivity contribution in [3.05, 3.63) is 58.5 Å². The Morgan fingerprint density at radius 3 is 2.67 bits per heavy atom. The largest absolute Gasteiger partial charge is 0.355 e. The second kappa shape index (κ2) is 8.40. The van der Waals surface area contributed by atoms with Gasteiger partial charge in [-0.05, 0) is 30.7 Å². The number of hydrogen-bond donors (Lipinski definition) is 2. The van der Waals surface area contributed by atoms with Crippen molar-refractivity contribution in [3.63, 3.8) is 0 Å². The topological polar surface area (TPSA) is 71.1 Å². The van der Waals surface area contributed by atoms with Crippen molar-refractivity contribution in [2.75, 3.05) is 11.9 Å². The summed E-state index contributed by atoms with van der Waals surface area (Å²) in [6, 6.07) is 7.78. The smallest absolute Gasteiger partial charge is 0.227 e. The van der Waals surface area contributed by atoms with Crippen molar-refractivity contribution in [2.24, 2.45) is 0 Å². The number of pyridine rings is 1. The van der Waals surface area contributed by atoms with E-state index < -0.39 is 11.7 Å². The standard InChI is InChI=1S/C17H17ClFN3O2/c1-11-5-6-15(21-10-11)22-16(23)7-8-20-17(24)9-12-13(18)3-2-4-14(12)19/h2-6,10H,7-9H2,1H3,(H,20,24)(H,21,22,23). The second-order valence-corrected chi connectivity index (χ2v) is 5.65. The maximum atomic E-state index is 13.6. The molecule has 1 aromatic heterocycles. The number of halogens is 2. The van der Waals surface area contributed by atoms with E-state index in [4.69, 9.17) is 11.6 Å². The molecule has 1 aromatic carbocycles. The lowest BCUT2D eigenvalue weighted by Crippen LogP contribution is -2.29. The molecule has 5 nitrogen and oxygen atoms in total. The van der Waals surface area contributed by atoms with Gasteiger partial charge in [0.25, 0.3) is 0 Å². The third kappa shape index (κ3) is 5.31. The molecule has 7 heteroatoms. The van der Waals surface area contributed by atoms with Crippen LogP contribution in [0.4, 0.5) is 10.2 Å². The summed E-state index contributed by atoms with van der Waals surface area (Å²) in [5.74, 6) is -0.741. The van der Waals surface area contributed by atoms with Crippen LogP contribution in [0.25, 0.3) is 0 Å². The van der Waals surface area contributed by atoms with Gasteiger partial charge in [-0.2, -0.15) is 0 Å². The van der Waals surface area contributed by atoms with Crippen molar-refractivity contribution in [2.45, 2.75) is 19.8 Å². The number of rotatable bonds is 6. The zero-order valence-electron chi connectivity index (χ0n) is 13.1. The molecule has 0 unspecified atom stereocenters. The number of benzene rings is 1. The molecule has 0 aliphatic carbocycles. The summed E-state index contributed by atoms with van der Waals surface area (Å²) >= 11 is 5.87. The molecule has 2 rings (SSSR count). The molecule has 2 N–H and O–H groups in total. The molecule has 126 valence electrons. The Morgan fingerprint density at radius 1 is 1.21 bits per heavy atom. The zero-order valence-corrected chi connectivity index (χ0v) is 13.9. The lowest BCUT2D eigenvalue weighted by molar-refractivity contribution is -0.120. The van der Waals surface area contributed by atoms with Crippen molar-refractivity contribution in [1.29, 1.82) is 0 Å². The monoisotopic (exact) mass is 349 g/mol. The number of nitrogens with zero attached hydrogens (tertiary/aromatic N) is 1. The first kappa shape index (κ1) is 17.9. The van der Waals surface area contributed by atoms with E-state index in [1.807, 2.05) is 13.0 Å². The van der Waals surface area contributed by atoms with Crippen LogP contribution in [0.1, 0.15) is 17.5 Å². The normalized spacial score (nSPS) is 10.3. The van der Waals surface area contributed by atoms with Gasteiger partial charge >= 0.3 is 0 Å². The first-order valence-electron chi connectivity index (χ1n) is 7.38. The number of hydrogen-bond acceptors (Lipinski definition) is 3. The van der Waals surface area contributed by atoms with Gasteiger partial charge in [-0.3, -0.25) is 9.59 Å². The number of carbonyl (C=O) groups is 2. The van der Waals surface area contributed by atoms with E-state index in [0.29, 0.717) is 5.82 Å². The van der Waals surface area contributed by atoms with Crippen molar-refractivity contribution in [1.82, 2.24) is 10.3 Å². The molecule has 2 aromatic rings. The maximum Gasteiger partial charge on any atom is 0.227 e. The maximum absolute atomic E-state index is 13.6. The summed E-state index contributed by atoms with van der Waals surface area (Å²) in [5, 5.41) is 5.40. The number of aryl methyl sites for hydroxylation is 1. The number of aromatic nitrogens is 1. The van der Waals surface area contributed by atoms with Gasteiger partial charge in [-0.15, -0.1) is 0 Å². The molecule has 0 spiro atoms. The fraction of sp³-hybridized carbons (Fsp3) is 0.235. The van der Waals surface area contributed by atoms with Gasteiger partial charge < -0.3 is 10.6 Å². The molecular formula is C17H17ClFN3O2. The lowest BCUT2D eigenvalue weighted by atomic mass is 10.1. The third-order valence-corrected chi connectivity index (χ3v) is 3.61. The Labute approximate surface area is 144 Å². The number of carbonyl (C=O) groups excluding carboxylic acids is 2. The molecule has 0 aliphatic heterocycles. The van der Waals surface area contributed by atoms with Crippen LogP contribution < -0.4 is 10.6 Å². The van der Waals surface area contributed by atoms with E-state index in [-0.39, 0.29) is 35.9 Å². The highest BCUT2D eigenvalue weighted by Crippen LogP contribution is 2.19. The molecule has 2 amide bonds. The molecule has 0 saturated heterocycles. The molecule has 0 aliphatic rings. The van der Waals surface area contributed by atoms with Gasteiger partial charge in [-0.25, -0.2) is 9.37 Å². The molecule has 1 heterocycles. The first-order valence-corrected chi connectivity index (χ1v) is 7.75. The number of anilines is 1. The van der Waals surface area contributed by atoms with Crippen LogP contribution in [-0.2, 0) is 16.0 Å². The summed E-state index contributed by atoms with van der Waals surface area (Å²) in [4.78, 5) is 27.6.